The molecule has 0 aliphatic heterocycles. The highest BCUT2D eigenvalue weighted by Crippen LogP contribution is 2.19. The quantitative estimate of drug-likeness (QED) is 0.716. The minimum Gasteiger partial charge on any atom is -0.392 e. The van der Waals surface area contributed by atoms with E-state index in [0.29, 0.717) is 12.1 Å². The standard InChI is InChI=1S/C10H17NO3S3/c1-15-5-3-2-4-11-17(13,14)10-6-9(7-12)8-16-10/h6,8,11-12H,2-5,7H2,1H3. The van der Waals surface area contributed by atoms with E-state index in [4.69, 9.17) is 5.11 Å². The number of aliphatic hydroxyl groups excluding tert-OH is 1. The molecule has 1 rings (SSSR count). The number of unbranched alkanes of at least 4 members (excludes halogenated alkanes) is 1. The predicted molar refractivity (Wildman–Crippen MR) is 73.0 cm³/mol. The molecule has 0 radical (unpaired) electrons. The van der Waals surface area contributed by atoms with Crippen LogP contribution in [-0.2, 0) is 16.6 Å². The summed E-state index contributed by atoms with van der Waals surface area (Å²) in [4.78, 5) is 0. The smallest absolute Gasteiger partial charge is 0.250 e. The third kappa shape index (κ3) is 4.97. The van der Waals surface area contributed by atoms with Crippen LogP contribution < -0.4 is 4.72 Å². The second-order valence-corrected chi connectivity index (χ2v) is 7.42. The van der Waals surface area contributed by atoms with Crippen molar-refractivity contribution in [1.82, 2.24) is 4.72 Å². The third-order valence-electron chi connectivity index (χ3n) is 2.14. The lowest BCUT2D eigenvalue weighted by molar-refractivity contribution is 0.282. The van der Waals surface area contributed by atoms with E-state index < -0.39 is 10.0 Å². The maximum Gasteiger partial charge on any atom is 0.250 e. The lowest BCUT2D eigenvalue weighted by atomic mass is 10.3. The van der Waals surface area contributed by atoms with Crippen LogP contribution in [0.4, 0.5) is 0 Å². The van der Waals surface area contributed by atoms with Gasteiger partial charge in [0, 0.05) is 6.54 Å². The summed E-state index contributed by atoms with van der Waals surface area (Å²) >= 11 is 2.89. The lowest BCUT2D eigenvalue weighted by Crippen LogP contribution is -2.24. The maximum atomic E-state index is 11.8. The van der Waals surface area contributed by atoms with Gasteiger partial charge in [-0.1, -0.05) is 0 Å². The van der Waals surface area contributed by atoms with Crippen molar-refractivity contribution in [3.8, 4) is 0 Å². The van der Waals surface area contributed by atoms with Crippen molar-refractivity contribution in [3.63, 3.8) is 0 Å². The summed E-state index contributed by atoms with van der Waals surface area (Å²) in [7, 11) is -3.39. The van der Waals surface area contributed by atoms with Gasteiger partial charge in [-0.15, -0.1) is 11.3 Å². The molecule has 0 fully saturated rings. The van der Waals surface area contributed by atoms with Gasteiger partial charge in [-0.25, -0.2) is 13.1 Å². The molecule has 0 bridgehead atoms. The normalized spacial score (nSPS) is 11.9. The molecule has 17 heavy (non-hydrogen) atoms. The van der Waals surface area contributed by atoms with Gasteiger partial charge in [0.1, 0.15) is 4.21 Å². The Morgan fingerprint density at radius 3 is 2.82 bits per heavy atom. The van der Waals surface area contributed by atoms with E-state index in [1.54, 1.807) is 17.1 Å². The van der Waals surface area contributed by atoms with E-state index in [1.807, 2.05) is 6.26 Å². The highest BCUT2D eigenvalue weighted by atomic mass is 32.2. The van der Waals surface area contributed by atoms with Crippen LogP contribution in [0, 0.1) is 0 Å². The zero-order valence-corrected chi connectivity index (χ0v) is 12.1. The second-order valence-electron chi connectivity index (χ2n) is 3.53. The summed E-state index contributed by atoms with van der Waals surface area (Å²) in [6, 6.07) is 1.51. The van der Waals surface area contributed by atoms with Gasteiger partial charge in [-0.3, -0.25) is 0 Å². The monoisotopic (exact) mass is 295 g/mol. The number of thioether (sulfide) groups is 1. The molecule has 0 atom stereocenters. The predicted octanol–water partition coefficient (Wildman–Crippen LogP) is 1.66. The minimum absolute atomic E-state index is 0.125. The molecule has 1 aromatic heterocycles. The fraction of sp³-hybridized carbons (Fsp3) is 0.600. The van der Waals surface area contributed by atoms with Crippen molar-refractivity contribution in [1.29, 1.82) is 0 Å². The summed E-state index contributed by atoms with van der Waals surface area (Å²) in [6.07, 6.45) is 3.89. The van der Waals surface area contributed by atoms with E-state index in [-0.39, 0.29) is 10.8 Å². The number of hydrogen-bond acceptors (Lipinski definition) is 5. The molecule has 1 aromatic rings. The molecule has 0 aliphatic carbocycles. The van der Waals surface area contributed by atoms with E-state index >= 15 is 0 Å². The highest BCUT2D eigenvalue weighted by Gasteiger charge is 2.15. The van der Waals surface area contributed by atoms with E-state index in [2.05, 4.69) is 4.72 Å². The number of nitrogens with one attached hydrogen (secondary N) is 1. The third-order valence-corrected chi connectivity index (χ3v) is 5.79. The first-order valence-corrected chi connectivity index (χ1v) is 9.02. The van der Waals surface area contributed by atoms with Gasteiger partial charge in [0.25, 0.3) is 0 Å². The summed E-state index contributed by atoms with van der Waals surface area (Å²) < 4.78 is 26.4. The van der Waals surface area contributed by atoms with Gasteiger partial charge < -0.3 is 5.11 Å². The van der Waals surface area contributed by atoms with Gasteiger partial charge in [-0.2, -0.15) is 11.8 Å². The lowest BCUT2D eigenvalue weighted by Gasteiger charge is -2.03. The SMILES string of the molecule is CSCCCCNS(=O)(=O)c1cc(CO)cs1. The highest BCUT2D eigenvalue weighted by molar-refractivity contribution is 7.98. The number of sulfonamides is 1. The summed E-state index contributed by atoms with van der Waals surface area (Å²) in [6.45, 7) is 0.342. The minimum atomic E-state index is -3.39. The van der Waals surface area contributed by atoms with Crippen LogP contribution in [0.15, 0.2) is 15.7 Å². The van der Waals surface area contributed by atoms with Crippen LogP contribution in [0.25, 0.3) is 0 Å². The van der Waals surface area contributed by atoms with Gasteiger partial charge in [0.05, 0.1) is 6.61 Å². The first kappa shape index (κ1) is 15.0. The zero-order chi connectivity index (χ0) is 12.7. The van der Waals surface area contributed by atoms with Crippen molar-refractivity contribution >= 4 is 33.1 Å². The molecule has 2 N–H and O–H groups in total. The van der Waals surface area contributed by atoms with Crippen LogP contribution >= 0.6 is 23.1 Å². The van der Waals surface area contributed by atoms with Gasteiger partial charge >= 0.3 is 0 Å². The molecule has 7 heteroatoms. The molecule has 0 unspecified atom stereocenters. The van der Waals surface area contributed by atoms with Crippen LogP contribution in [0.5, 0.6) is 0 Å². The van der Waals surface area contributed by atoms with Crippen LogP contribution in [-0.4, -0.2) is 32.1 Å². The first-order chi connectivity index (χ1) is 8.10. The van der Waals surface area contributed by atoms with Crippen molar-refractivity contribution in [2.45, 2.75) is 23.7 Å². The molecule has 0 saturated carbocycles. The number of rotatable bonds is 8. The Hall–Kier alpha value is -0.0800. The number of thiophene rings is 1. The molecule has 98 valence electrons. The average molecular weight is 295 g/mol. The molecule has 0 aromatic carbocycles. The van der Waals surface area contributed by atoms with Crippen molar-refractivity contribution < 1.29 is 13.5 Å². The largest absolute Gasteiger partial charge is 0.392 e. The molecular formula is C10H17NO3S3. The molecule has 1 heterocycles. The zero-order valence-electron chi connectivity index (χ0n) is 9.68. The molecule has 0 amide bonds. The molecule has 4 nitrogen and oxygen atoms in total. The first-order valence-electron chi connectivity index (χ1n) is 5.27. The fourth-order valence-electron chi connectivity index (χ4n) is 1.23. The number of hydrogen-bond donors (Lipinski definition) is 2. The van der Waals surface area contributed by atoms with Gasteiger partial charge in [-0.05, 0) is 41.9 Å². The summed E-state index contributed by atoms with van der Waals surface area (Å²) in [5, 5.41) is 10.5. The Kier molecular flexibility index (Phi) is 6.50. The van der Waals surface area contributed by atoms with E-state index in [0.717, 1.165) is 29.9 Å². The van der Waals surface area contributed by atoms with Crippen LogP contribution in [0.1, 0.15) is 18.4 Å². The Morgan fingerprint density at radius 1 is 1.47 bits per heavy atom. The topological polar surface area (TPSA) is 66.4 Å². The Labute approximate surface area is 110 Å². The van der Waals surface area contributed by atoms with Crippen molar-refractivity contribution in [2.24, 2.45) is 0 Å². The molecule has 0 saturated heterocycles. The van der Waals surface area contributed by atoms with E-state index in [9.17, 15) is 8.42 Å². The Morgan fingerprint density at radius 2 is 2.24 bits per heavy atom. The second kappa shape index (κ2) is 7.38. The maximum absolute atomic E-state index is 11.8. The van der Waals surface area contributed by atoms with Gasteiger partial charge in [0.15, 0.2) is 0 Å². The van der Waals surface area contributed by atoms with Gasteiger partial charge in [0.2, 0.25) is 10.0 Å². The van der Waals surface area contributed by atoms with Crippen molar-refractivity contribution in [3.05, 3.63) is 17.0 Å². The van der Waals surface area contributed by atoms with Crippen LogP contribution in [0.3, 0.4) is 0 Å². The Balaban J connectivity index is 2.45. The summed E-state index contributed by atoms with van der Waals surface area (Å²) in [5.41, 5.74) is 0.637. The molecule has 0 aliphatic rings. The van der Waals surface area contributed by atoms with Crippen LogP contribution in [0.2, 0.25) is 0 Å². The molecule has 0 spiro atoms. The fourth-order valence-corrected chi connectivity index (χ4v) is 4.04. The number of aliphatic hydroxyl groups is 1. The Bertz CT molecular complexity index is 428. The molecular weight excluding hydrogens is 278 g/mol. The average Bonchev–Trinajstić information content (AvgIpc) is 2.78. The van der Waals surface area contributed by atoms with Crippen molar-refractivity contribution in [2.75, 3.05) is 18.6 Å². The van der Waals surface area contributed by atoms with E-state index in [1.165, 1.54) is 6.07 Å². The summed E-state index contributed by atoms with van der Waals surface area (Å²) in [5.74, 6) is 1.05.